The molecule has 0 saturated heterocycles. The molecule has 1 heterocycles. The molecule has 0 bridgehead atoms. The molecular weight excluding hydrogens is 356 g/mol. The topological polar surface area (TPSA) is 74.2 Å². The van der Waals surface area contributed by atoms with Crippen LogP contribution in [0, 0.1) is 11.3 Å². The molecule has 1 aliphatic rings. The van der Waals surface area contributed by atoms with E-state index in [-0.39, 0.29) is 5.92 Å². The molecule has 5 heteroatoms. The zero-order valence-electron chi connectivity index (χ0n) is 16.4. The first kappa shape index (κ1) is 22.5. The number of unbranched alkanes of at least 4 members (excludes halogenated alkanes) is 1. The van der Waals surface area contributed by atoms with Crippen LogP contribution in [-0.4, -0.2) is 12.9 Å². The Hall–Kier alpha value is -2.51. The Balaban J connectivity index is 0.000000646. The summed E-state index contributed by atoms with van der Waals surface area (Å²) >= 11 is 6.36. The van der Waals surface area contributed by atoms with Gasteiger partial charge in [0.2, 0.25) is 0 Å². The van der Waals surface area contributed by atoms with Crippen LogP contribution in [0.5, 0.6) is 0 Å². The number of hydrogen-bond donors (Lipinski definition) is 2. The van der Waals surface area contributed by atoms with Gasteiger partial charge in [-0.1, -0.05) is 62.6 Å². The van der Waals surface area contributed by atoms with E-state index in [1.165, 1.54) is 6.42 Å². The van der Waals surface area contributed by atoms with Crippen LogP contribution in [0.4, 0.5) is 0 Å². The quantitative estimate of drug-likeness (QED) is 0.640. The van der Waals surface area contributed by atoms with Crippen molar-refractivity contribution < 1.29 is 0 Å². The lowest BCUT2D eigenvalue weighted by Crippen LogP contribution is -2.27. The van der Waals surface area contributed by atoms with Gasteiger partial charge >= 0.3 is 0 Å². The summed E-state index contributed by atoms with van der Waals surface area (Å²) in [5.41, 5.74) is 9.14. The van der Waals surface area contributed by atoms with Crippen LogP contribution in [0.2, 0.25) is 5.02 Å². The highest BCUT2D eigenvalue weighted by molar-refractivity contribution is 6.31. The zero-order valence-corrected chi connectivity index (χ0v) is 17.2. The molecule has 0 saturated carbocycles. The van der Waals surface area contributed by atoms with Crippen LogP contribution in [0.1, 0.15) is 51.0 Å². The molecule has 0 fully saturated rings. The van der Waals surface area contributed by atoms with Gasteiger partial charge in [-0.3, -0.25) is 0 Å². The fraction of sp³-hybridized carbons (Fsp3) is 0.364. The van der Waals surface area contributed by atoms with Gasteiger partial charge in [0.1, 0.15) is 5.84 Å². The van der Waals surface area contributed by atoms with Crippen LogP contribution >= 0.6 is 11.6 Å². The first-order valence-corrected chi connectivity index (χ1v) is 9.63. The molecule has 1 atom stereocenters. The van der Waals surface area contributed by atoms with E-state index in [9.17, 15) is 5.26 Å². The number of rotatable bonds is 6. The zero-order chi connectivity index (χ0) is 20.2. The third-order valence-corrected chi connectivity index (χ3v) is 4.42. The number of nitrogens with zero attached hydrogens (tertiary/aromatic N) is 2. The van der Waals surface area contributed by atoms with Gasteiger partial charge in [-0.05, 0) is 24.5 Å². The van der Waals surface area contributed by atoms with Crippen LogP contribution in [0.15, 0.2) is 65.0 Å². The van der Waals surface area contributed by atoms with Crippen molar-refractivity contribution in [3.05, 3.63) is 70.5 Å². The maximum Gasteiger partial charge on any atom is 0.129 e. The third kappa shape index (κ3) is 6.01. The molecular formula is C22H29ClN4. The molecule has 0 aliphatic carbocycles. The van der Waals surface area contributed by atoms with E-state index in [2.05, 4.69) is 36.8 Å². The Bertz CT molecular complexity index is 769. The number of benzene rings is 1. The Morgan fingerprint density at radius 3 is 2.52 bits per heavy atom. The van der Waals surface area contributed by atoms with E-state index in [1.807, 2.05) is 30.3 Å². The molecule has 0 radical (unpaired) electrons. The number of nitrogens with two attached hydrogens (primary N) is 1. The number of halogens is 1. The van der Waals surface area contributed by atoms with Crippen LogP contribution in [0.3, 0.4) is 0 Å². The lowest BCUT2D eigenvalue weighted by Gasteiger charge is -2.26. The van der Waals surface area contributed by atoms with Crippen molar-refractivity contribution in [2.75, 3.05) is 7.05 Å². The number of amidine groups is 1. The SMILES string of the molecule is C=CCCC.CCCC1=C(C#N)C(c2ccccc2Cl)/C(=C/NC)C(N)=N1. The third-order valence-electron chi connectivity index (χ3n) is 4.08. The molecule has 0 amide bonds. The molecule has 144 valence electrons. The molecule has 0 spiro atoms. The van der Waals surface area contributed by atoms with E-state index in [4.69, 9.17) is 17.3 Å². The normalized spacial score (nSPS) is 17.5. The van der Waals surface area contributed by atoms with Crippen LogP contribution in [-0.2, 0) is 0 Å². The van der Waals surface area contributed by atoms with Crippen LogP contribution < -0.4 is 11.1 Å². The number of nitriles is 1. The van der Waals surface area contributed by atoms with Gasteiger partial charge in [0.25, 0.3) is 0 Å². The lowest BCUT2D eigenvalue weighted by molar-refractivity contribution is 0.833. The van der Waals surface area contributed by atoms with Gasteiger partial charge in [-0.2, -0.15) is 5.26 Å². The van der Waals surface area contributed by atoms with E-state index in [0.717, 1.165) is 36.1 Å². The average Bonchev–Trinajstić information content (AvgIpc) is 2.66. The minimum atomic E-state index is -0.287. The lowest BCUT2D eigenvalue weighted by atomic mass is 9.81. The molecule has 0 aromatic heterocycles. The molecule has 3 N–H and O–H groups in total. The van der Waals surface area contributed by atoms with Gasteiger partial charge in [0.15, 0.2) is 0 Å². The monoisotopic (exact) mass is 384 g/mol. The van der Waals surface area contributed by atoms with E-state index in [1.54, 1.807) is 13.2 Å². The van der Waals surface area contributed by atoms with Gasteiger partial charge in [-0.25, -0.2) is 4.99 Å². The van der Waals surface area contributed by atoms with E-state index < -0.39 is 0 Å². The first-order valence-electron chi connectivity index (χ1n) is 9.25. The average molecular weight is 385 g/mol. The second kappa shape index (κ2) is 12.0. The predicted octanol–water partition coefficient (Wildman–Crippen LogP) is 5.45. The van der Waals surface area contributed by atoms with Gasteiger partial charge in [-0.15, -0.1) is 6.58 Å². The van der Waals surface area contributed by atoms with Crippen molar-refractivity contribution >= 4 is 17.4 Å². The summed E-state index contributed by atoms with van der Waals surface area (Å²) in [7, 11) is 1.79. The highest BCUT2D eigenvalue weighted by Gasteiger charge is 2.31. The van der Waals surface area contributed by atoms with E-state index >= 15 is 0 Å². The Labute approximate surface area is 168 Å². The minimum absolute atomic E-state index is 0.287. The number of hydrogen-bond acceptors (Lipinski definition) is 4. The maximum atomic E-state index is 9.67. The summed E-state index contributed by atoms with van der Waals surface area (Å²) in [4.78, 5) is 4.43. The smallest absolute Gasteiger partial charge is 0.129 e. The molecule has 4 nitrogen and oxygen atoms in total. The van der Waals surface area contributed by atoms with Gasteiger partial charge < -0.3 is 11.1 Å². The fourth-order valence-electron chi connectivity index (χ4n) is 2.85. The van der Waals surface area contributed by atoms with Crippen molar-refractivity contribution in [2.45, 2.75) is 45.4 Å². The van der Waals surface area contributed by atoms with Crippen molar-refractivity contribution in [3.63, 3.8) is 0 Å². The highest BCUT2D eigenvalue weighted by atomic mass is 35.5. The molecule has 1 aromatic carbocycles. The molecule has 27 heavy (non-hydrogen) atoms. The second-order valence-electron chi connectivity index (χ2n) is 6.14. The summed E-state index contributed by atoms with van der Waals surface area (Å²) in [6.07, 6.45) is 7.71. The largest absolute Gasteiger partial charge is 0.394 e. The Kier molecular flexibility index (Phi) is 10.00. The second-order valence-corrected chi connectivity index (χ2v) is 6.55. The molecule has 2 rings (SSSR count). The molecule has 1 aliphatic heterocycles. The summed E-state index contributed by atoms with van der Waals surface area (Å²) in [5, 5.41) is 13.3. The highest BCUT2D eigenvalue weighted by Crippen LogP contribution is 2.40. The van der Waals surface area contributed by atoms with Gasteiger partial charge in [0, 0.05) is 23.8 Å². The molecule has 1 aromatic rings. The van der Waals surface area contributed by atoms with Crippen molar-refractivity contribution in [1.29, 1.82) is 5.26 Å². The standard InChI is InChI=1S/C17H19ClN4.C5H10/c1-3-6-15-12(9-19)16(11-7-4-5-8-14(11)18)13(10-21-2)17(20)22-15;1-3-5-4-2/h4-5,7-8,10,16,21H,3,6H2,1-2H3,(H2,20,22);3H,1,4-5H2,2H3/b13-10-;. The number of nitrogens with one attached hydrogen (secondary N) is 1. The number of allylic oxidation sites excluding steroid dienone is 3. The van der Waals surface area contributed by atoms with Crippen LogP contribution in [0.25, 0.3) is 0 Å². The summed E-state index contributed by atoms with van der Waals surface area (Å²) < 4.78 is 0. The maximum absolute atomic E-state index is 9.67. The Morgan fingerprint density at radius 2 is 2.04 bits per heavy atom. The first-order chi connectivity index (χ1) is 13.0. The van der Waals surface area contributed by atoms with Crippen molar-refractivity contribution in [3.8, 4) is 6.07 Å². The van der Waals surface area contributed by atoms with Gasteiger partial charge in [0.05, 0.1) is 23.3 Å². The van der Waals surface area contributed by atoms with Crippen molar-refractivity contribution in [1.82, 2.24) is 5.32 Å². The van der Waals surface area contributed by atoms with Crippen molar-refractivity contribution in [2.24, 2.45) is 10.7 Å². The Morgan fingerprint density at radius 1 is 1.33 bits per heavy atom. The van der Waals surface area contributed by atoms with E-state index in [0.29, 0.717) is 16.4 Å². The summed E-state index contributed by atoms with van der Waals surface area (Å²) in [6.45, 7) is 7.74. The fourth-order valence-corrected chi connectivity index (χ4v) is 3.09. The summed E-state index contributed by atoms with van der Waals surface area (Å²) in [5.74, 6) is 0.145. The molecule has 1 unspecified atom stereocenters. The number of aliphatic imine (C=N–C) groups is 1. The summed E-state index contributed by atoms with van der Waals surface area (Å²) in [6, 6.07) is 9.85. The predicted molar refractivity (Wildman–Crippen MR) is 116 cm³/mol. The minimum Gasteiger partial charge on any atom is -0.394 e.